The lowest BCUT2D eigenvalue weighted by molar-refractivity contribution is -0.385. The second-order valence-electron chi connectivity index (χ2n) is 5.69. The molecule has 1 heterocycles. The molecule has 0 spiro atoms. The molecule has 8 nitrogen and oxygen atoms in total. The number of hydrogen-bond donors (Lipinski definition) is 1. The molecule has 1 aromatic rings. The van der Waals surface area contributed by atoms with Crippen LogP contribution in [0.2, 0.25) is 0 Å². The minimum Gasteiger partial charge on any atom is -0.495 e. The van der Waals surface area contributed by atoms with Crippen LogP contribution in [0, 0.1) is 16.0 Å². The number of nitrogens with zero attached hydrogens (tertiary/aromatic N) is 2. The highest BCUT2D eigenvalue weighted by Gasteiger charge is 2.33. The Hall–Kier alpha value is -1.42. The second kappa shape index (κ2) is 8.11. The monoisotopic (exact) mass is 379 g/mol. The average Bonchev–Trinajstić information content (AvgIpc) is 2.54. The van der Waals surface area contributed by atoms with Crippen LogP contribution in [-0.2, 0) is 10.0 Å². The van der Waals surface area contributed by atoms with E-state index in [-0.39, 0.29) is 34.8 Å². The molecule has 0 aromatic heterocycles. The maximum absolute atomic E-state index is 12.8. The van der Waals surface area contributed by atoms with Crippen molar-refractivity contribution in [3.8, 4) is 5.75 Å². The van der Waals surface area contributed by atoms with Crippen molar-refractivity contribution in [2.24, 2.45) is 11.7 Å². The quantitative estimate of drug-likeness (QED) is 0.615. The summed E-state index contributed by atoms with van der Waals surface area (Å²) in [7, 11) is -2.46. The number of nitro groups is 1. The number of piperidine rings is 1. The summed E-state index contributed by atoms with van der Waals surface area (Å²) >= 11 is 0. The van der Waals surface area contributed by atoms with Crippen molar-refractivity contribution in [3.05, 3.63) is 28.3 Å². The van der Waals surface area contributed by atoms with Crippen LogP contribution in [0.5, 0.6) is 5.75 Å². The van der Waals surface area contributed by atoms with Gasteiger partial charge >= 0.3 is 0 Å². The minimum atomic E-state index is -3.75. The number of hydrogen-bond acceptors (Lipinski definition) is 6. The molecule has 0 amide bonds. The van der Waals surface area contributed by atoms with Crippen LogP contribution in [0.25, 0.3) is 0 Å². The Morgan fingerprint density at radius 3 is 2.42 bits per heavy atom. The van der Waals surface area contributed by atoms with Crippen molar-refractivity contribution in [2.75, 3.05) is 20.2 Å². The van der Waals surface area contributed by atoms with Gasteiger partial charge in [-0.2, -0.15) is 4.31 Å². The minimum absolute atomic E-state index is 0. The zero-order valence-electron chi connectivity index (χ0n) is 13.5. The van der Waals surface area contributed by atoms with Gasteiger partial charge in [-0.25, -0.2) is 8.42 Å². The van der Waals surface area contributed by atoms with Gasteiger partial charge in [0.2, 0.25) is 10.0 Å². The van der Waals surface area contributed by atoms with Crippen molar-refractivity contribution in [1.82, 2.24) is 4.31 Å². The lowest BCUT2D eigenvalue weighted by Crippen LogP contribution is -2.42. The first-order valence-corrected chi connectivity index (χ1v) is 8.79. The number of methoxy groups -OCH3 is 1. The van der Waals surface area contributed by atoms with Crippen molar-refractivity contribution in [2.45, 2.75) is 30.7 Å². The third-order valence-electron chi connectivity index (χ3n) is 4.22. The number of halogens is 1. The number of ether oxygens (including phenoxy) is 1. The summed E-state index contributed by atoms with van der Waals surface area (Å²) in [6, 6.07) is 3.56. The van der Waals surface area contributed by atoms with Crippen LogP contribution in [0.15, 0.2) is 23.1 Å². The summed E-state index contributed by atoms with van der Waals surface area (Å²) < 4.78 is 32.0. The Labute approximate surface area is 147 Å². The van der Waals surface area contributed by atoms with E-state index in [0.29, 0.717) is 31.8 Å². The highest BCUT2D eigenvalue weighted by atomic mass is 35.5. The van der Waals surface area contributed by atoms with Gasteiger partial charge in [0.05, 0.1) is 18.1 Å². The topological polar surface area (TPSA) is 116 Å². The molecule has 2 N–H and O–H groups in total. The zero-order valence-corrected chi connectivity index (χ0v) is 15.2. The number of nitro benzene ring substituents is 1. The number of sulfonamides is 1. The summed E-state index contributed by atoms with van der Waals surface area (Å²) in [6.45, 7) is 2.69. The molecule has 24 heavy (non-hydrogen) atoms. The molecule has 1 atom stereocenters. The Morgan fingerprint density at radius 2 is 1.96 bits per heavy atom. The standard InChI is InChI=1S/C14H21N3O5S.ClH/c1-10(15)11-5-7-16(8-6-11)23(20,21)14-4-3-12(17(18)19)9-13(14)22-2;/h3-4,9-11H,5-8,15H2,1-2H3;1H. The van der Waals surface area contributed by atoms with E-state index in [9.17, 15) is 18.5 Å². The predicted molar refractivity (Wildman–Crippen MR) is 92.0 cm³/mol. The first kappa shape index (κ1) is 20.6. The molecule has 1 fully saturated rings. The van der Waals surface area contributed by atoms with Gasteiger partial charge in [0.15, 0.2) is 0 Å². The largest absolute Gasteiger partial charge is 0.495 e. The van der Waals surface area contributed by atoms with Crippen LogP contribution in [0.1, 0.15) is 19.8 Å². The van der Waals surface area contributed by atoms with Crippen LogP contribution >= 0.6 is 12.4 Å². The summed E-state index contributed by atoms with van der Waals surface area (Å²) in [4.78, 5) is 10.2. The van der Waals surface area contributed by atoms with Gasteiger partial charge < -0.3 is 10.5 Å². The number of nitrogens with two attached hydrogens (primary N) is 1. The smallest absolute Gasteiger partial charge is 0.273 e. The average molecular weight is 380 g/mol. The molecule has 0 bridgehead atoms. The number of non-ortho nitro benzene ring substituents is 1. The van der Waals surface area contributed by atoms with Crippen molar-refractivity contribution in [3.63, 3.8) is 0 Å². The summed E-state index contributed by atoms with van der Waals surface area (Å²) in [5.41, 5.74) is 5.66. The maximum atomic E-state index is 12.8. The SMILES string of the molecule is COc1cc([N+](=O)[O-])ccc1S(=O)(=O)N1CCC(C(C)N)CC1.Cl. The van der Waals surface area contributed by atoms with E-state index >= 15 is 0 Å². The summed E-state index contributed by atoms with van der Waals surface area (Å²) in [6.07, 6.45) is 1.40. The molecule has 1 aliphatic heterocycles. The first-order chi connectivity index (χ1) is 10.8. The van der Waals surface area contributed by atoms with E-state index in [1.165, 1.54) is 23.5 Å². The number of benzene rings is 1. The first-order valence-electron chi connectivity index (χ1n) is 7.35. The molecular formula is C14H22ClN3O5S. The molecule has 1 unspecified atom stereocenters. The zero-order chi connectivity index (χ0) is 17.2. The Bertz CT molecular complexity index is 688. The fraction of sp³-hybridized carbons (Fsp3) is 0.571. The van der Waals surface area contributed by atoms with Gasteiger partial charge in [-0.15, -0.1) is 12.4 Å². The van der Waals surface area contributed by atoms with E-state index in [1.807, 2.05) is 6.92 Å². The molecular weight excluding hydrogens is 358 g/mol. The molecule has 136 valence electrons. The van der Waals surface area contributed by atoms with Crippen molar-refractivity contribution < 1.29 is 18.1 Å². The maximum Gasteiger partial charge on any atom is 0.273 e. The van der Waals surface area contributed by atoms with E-state index in [4.69, 9.17) is 10.5 Å². The van der Waals surface area contributed by atoms with Crippen LogP contribution in [0.4, 0.5) is 5.69 Å². The van der Waals surface area contributed by atoms with Crippen LogP contribution < -0.4 is 10.5 Å². The number of rotatable bonds is 5. The Morgan fingerprint density at radius 1 is 1.38 bits per heavy atom. The van der Waals surface area contributed by atoms with Gasteiger partial charge in [-0.3, -0.25) is 10.1 Å². The fourth-order valence-corrected chi connectivity index (χ4v) is 4.37. The van der Waals surface area contributed by atoms with Crippen LogP contribution in [0.3, 0.4) is 0 Å². The second-order valence-corrected chi connectivity index (χ2v) is 7.60. The van der Waals surface area contributed by atoms with Gasteiger partial charge in [0.25, 0.3) is 5.69 Å². The molecule has 10 heteroatoms. The van der Waals surface area contributed by atoms with Gasteiger partial charge in [0, 0.05) is 25.2 Å². The lowest BCUT2D eigenvalue weighted by Gasteiger charge is -2.33. The van der Waals surface area contributed by atoms with E-state index in [1.54, 1.807) is 0 Å². The molecule has 0 aliphatic carbocycles. The van der Waals surface area contributed by atoms with E-state index < -0.39 is 14.9 Å². The molecule has 1 aliphatic rings. The predicted octanol–water partition coefficient (Wildman–Crippen LogP) is 1.77. The third-order valence-corrected chi connectivity index (χ3v) is 6.16. The van der Waals surface area contributed by atoms with Crippen molar-refractivity contribution >= 4 is 28.1 Å². The lowest BCUT2D eigenvalue weighted by atomic mass is 9.92. The highest BCUT2D eigenvalue weighted by Crippen LogP contribution is 2.32. The Kier molecular flexibility index (Phi) is 6.97. The highest BCUT2D eigenvalue weighted by molar-refractivity contribution is 7.89. The third kappa shape index (κ3) is 4.15. The van der Waals surface area contributed by atoms with Crippen LogP contribution in [-0.4, -0.2) is 43.9 Å². The fourth-order valence-electron chi connectivity index (χ4n) is 2.76. The van der Waals surface area contributed by atoms with Gasteiger partial charge in [0.1, 0.15) is 10.6 Å². The molecule has 1 aromatic carbocycles. The Balaban J connectivity index is 0.00000288. The molecule has 0 radical (unpaired) electrons. The van der Waals surface area contributed by atoms with Crippen molar-refractivity contribution in [1.29, 1.82) is 0 Å². The molecule has 2 rings (SSSR count). The molecule has 1 saturated heterocycles. The van der Waals surface area contributed by atoms with Gasteiger partial charge in [-0.1, -0.05) is 0 Å². The molecule has 0 saturated carbocycles. The normalized spacial score (nSPS) is 17.8. The van der Waals surface area contributed by atoms with E-state index in [0.717, 1.165) is 6.07 Å². The summed E-state index contributed by atoms with van der Waals surface area (Å²) in [5, 5.41) is 10.8. The van der Waals surface area contributed by atoms with Gasteiger partial charge in [-0.05, 0) is 31.7 Å². The summed E-state index contributed by atoms with van der Waals surface area (Å²) in [5.74, 6) is 0.286. The van der Waals surface area contributed by atoms with E-state index in [2.05, 4.69) is 0 Å².